The Balaban J connectivity index is 1.64. The number of tetrazole rings is 1. The first-order valence-electron chi connectivity index (χ1n) is 7.58. The van der Waals surface area contributed by atoms with Crippen molar-refractivity contribution in [2.75, 3.05) is 12.3 Å². The summed E-state index contributed by atoms with van der Waals surface area (Å²) in [5, 5.41) is 16.6. The lowest BCUT2D eigenvalue weighted by molar-refractivity contribution is 0.502. The van der Waals surface area contributed by atoms with Crippen molar-refractivity contribution in [2.45, 2.75) is 37.4 Å². The lowest BCUT2D eigenvalue weighted by atomic mass is 10.2. The number of thioether (sulfide) groups is 1. The number of aromatic nitrogens is 4. The first kappa shape index (κ1) is 14.5. The summed E-state index contributed by atoms with van der Waals surface area (Å²) in [6, 6.07) is 10.6. The van der Waals surface area contributed by atoms with Crippen molar-refractivity contribution in [3.63, 3.8) is 0 Å². The van der Waals surface area contributed by atoms with E-state index < -0.39 is 0 Å². The molecule has 1 heterocycles. The largest absolute Gasteiger partial charge is 0.313 e. The van der Waals surface area contributed by atoms with Gasteiger partial charge in [-0.05, 0) is 54.3 Å². The van der Waals surface area contributed by atoms with Gasteiger partial charge >= 0.3 is 0 Å². The van der Waals surface area contributed by atoms with E-state index in [-0.39, 0.29) is 0 Å². The molecule has 1 aliphatic carbocycles. The number of nitrogens with zero attached hydrogens (tertiary/aromatic N) is 4. The number of nitrogens with one attached hydrogen (secondary N) is 1. The van der Waals surface area contributed by atoms with Gasteiger partial charge < -0.3 is 5.32 Å². The topological polar surface area (TPSA) is 55.6 Å². The van der Waals surface area contributed by atoms with E-state index in [0.29, 0.717) is 6.04 Å². The molecule has 0 aliphatic heterocycles. The van der Waals surface area contributed by atoms with Crippen molar-refractivity contribution in [2.24, 2.45) is 5.92 Å². The fourth-order valence-corrected chi connectivity index (χ4v) is 3.43. The van der Waals surface area contributed by atoms with Crippen LogP contribution in [-0.4, -0.2) is 38.5 Å². The van der Waals surface area contributed by atoms with Crippen LogP contribution >= 0.6 is 11.8 Å². The Morgan fingerprint density at radius 2 is 2.14 bits per heavy atom. The van der Waals surface area contributed by atoms with Crippen LogP contribution in [0.2, 0.25) is 0 Å². The van der Waals surface area contributed by atoms with Crippen LogP contribution in [0.4, 0.5) is 0 Å². The second-order valence-electron chi connectivity index (χ2n) is 5.42. The highest BCUT2D eigenvalue weighted by Crippen LogP contribution is 2.35. The van der Waals surface area contributed by atoms with Crippen molar-refractivity contribution in [3.8, 4) is 5.69 Å². The Kier molecular flexibility index (Phi) is 4.87. The van der Waals surface area contributed by atoms with E-state index in [1.807, 2.05) is 35.0 Å². The van der Waals surface area contributed by atoms with Gasteiger partial charge in [-0.2, -0.15) is 4.68 Å². The quantitative estimate of drug-likeness (QED) is 0.760. The highest BCUT2D eigenvalue weighted by atomic mass is 32.2. The van der Waals surface area contributed by atoms with Crippen LogP contribution in [0.25, 0.3) is 5.69 Å². The van der Waals surface area contributed by atoms with Crippen molar-refractivity contribution in [3.05, 3.63) is 30.3 Å². The maximum absolute atomic E-state index is 4.16. The Morgan fingerprint density at radius 1 is 1.33 bits per heavy atom. The molecule has 0 bridgehead atoms. The molecule has 1 aromatic carbocycles. The molecule has 1 saturated carbocycles. The molecule has 1 fully saturated rings. The smallest absolute Gasteiger partial charge is 0.214 e. The third-order valence-electron chi connectivity index (χ3n) is 3.68. The van der Waals surface area contributed by atoms with Gasteiger partial charge in [-0.15, -0.1) is 5.10 Å². The predicted molar refractivity (Wildman–Crippen MR) is 84.7 cm³/mol. The first-order valence-corrected chi connectivity index (χ1v) is 8.57. The van der Waals surface area contributed by atoms with Gasteiger partial charge in [0.2, 0.25) is 5.16 Å². The zero-order valence-electron chi connectivity index (χ0n) is 12.3. The number of benzene rings is 1. The Bertz CT molecular complexity index is 552. The summed E-state index contributed by atoms with van der Waals surface area (Å²) in [4.78, 5) is 0. The summed E-state index contributed by atoms with van der Waals surface area (Å²) in [5.74, 6) is 1.86. The molecular formula is C15H21N5S. The highest BCUT2D eigenvalue weighted by Gasteiger charge is 2.31. The van der Waals surface area contributed by atoms with E-state index in [4.69, 9.17) is 0 Å². The van der Waals surface area contributed by atoms with Gasteiger partial charge in [0.15, 0.2) is 0 Å². The summed E-state index contributed by atoms with van der Waals surface area (Å²) in [7, 11) is 0. The Labute approximate surface area is 129 Å². The van der Waals surface area contributed by atoms with Crippen LogP contribution in [-0.2, 0) is 0 Å². The standard InChI is InChI=1S/C15H21N5S/c1-2-10-16-14(12-8-9-12)11-21-15-17-18-19-20(15)13-6-4-3-5-7-13/h3-7,12,14,16H,2,8-11H2,1H3. The molecule has 2 aromatic rings. The summed E-state index contributed by atoms with van der Waals surface area (Å²) >= 11 is 1.74. The van der Waals surface area contributed by atoms with Crippen LogP contribution in [0.15, 0.2) is 35.5 Å². The van der Waals surface area contributed by atoms with Gasteiger partial charge in [0.25, 0.3) is 0 Å². The van der Waals surface area contributed by atoms with Crippen molar-refractivity contribution in [1.29, 1.82) is 0 Å². The molecule has 1 aliphatic rings. The summed E-state index contributed by atoms with van der Waals surface area (Å²) in [6.07, 6.45) is 3.88. The monoisotopic (exact) mass is 303 g/mol. The van der Waals surface area contributed by atoms with Crippen molar-refractivity contribution < 1.29 is 0 Å². The zero-order valence-corrected chi connectivity index (χ0v) is 13.1. The van der Waals surface area contributed by atoms with Crippen LogP contribution in [0.5, 0.6) is 0 Å². The minimum atomic E-state index is 0.580. The van der Waals surface area contributed by atoms with Gasteiger partial charge in [-0.25, -0.2) is 0 Å². The third kappa shape index (κ3) is 3.83. The fourth-order valence-electron chi connectivity index (χ4n) is 2.35. The van der Waals surface area contributed by atoms with Gasteiger partial charge in [0, 0.05) is 11.8 Å². The Hall–Kier alpha value is -1.40. The molecular weight excluding hydrogens is 282 g/mol. The highest BCUT2D eigenvalue weighted by molar-refractivity contribution is 7.99. The van der Waals surface area contributed by atoms with Gasteiger partial charge in [-0.1, -0.05) is 36.9 Å². The van der Waals surface area contributed by atoms with E-state index in [2.05, 4.69) is 27.8 Å². The van der Waals surface area contributed by atoms with Gasteiger partial charge in [0.05, 0.1) is 5.69 Å². The predicted octanol–water partition coefficient (Wildman–Crippen LogP) is 2.53. The van der Waals surface area contributed by atoms with E-state index in [1.165, 1.54) is 19.3 Å². The molecule has 1 aromatic heterocycles. The van der Waals surface area contributed by atoms with E-state index in [0.717, 1.165) is 29.1 Å². The SMILES string of the molecule is CCCNC(CSc1nnnn1-c1ccccc1)C1CC1. The number of rotatable bonds is 8. The number of para-hydroxylation sites is 1. The molecule has 6 heteroatoms. The van der Waals surface area contributed by atoms with Crippen molar-refractivity contribution in [1.82, 2.24) is 25.5 Å². The summed E-state index contributed by atoms with van der Waals surface area (Å²) in [5.41, 5.74) is 1.01. The molecule has 0 amide bonds. The second-order valence-corrected chi connectivity index (χ2v) is 6.41. The van der Waals surface area contributed by atoms with E-state index in [1.54, 1.807) is 11.8 Å². The lowest BCUT2D eigenvalue weighted by Crippen LogP contribution is -2.34. The first-order chi connectivity index (χ1) is 10.4. The van der Waals surface area contributed by atoms with Crippen LogP contribution in [0.3, 0.4) is 0 Å². The molecule has 112 valence electrons. The molecule has 1 unspecified atom stereocenters. The molecule has 21 heavy (non-hydrogen) atoms. The van der Waals surface area contributed by atoms with Crippen LogP contribution < -0.4 is 5.32 Å². The minimum absolute atomic E-state index is 0.580. The molecule has 5 nitrogen and oxygen atoms in total. The normalized spacial score (nSPS) is 16.0. The average molecular weight is 303 g/mol. The summed E-state index contributed by atoms with van der Waals surface area (Å²) in [6.45, 7) is 3.30. The molecule has 0 radical (unpaired) electrons. The van der Waals surface area contributed by atoms with E-state index in [9.17, 15) is 0 Å². The summed E-state index contributed by atoms with van der Waals surface area (Å²) < 4.78 is 1.81. The average Bonchev–Trinajstić information content (AvgIpc) is 3.26. The molecule has 0 spiro atoms. The molecule has 1 atom stereocenters. The Morgan fingerprint density at radius 3 is 2.86 bits per heavy atom. The maximum Gasteiger partial charge on any atom is 0.214 e. The van der Waals surface area contributed by atoms with Gasteiger partial charge in [-0.3, -0.25) is 0 Å². The van der Waals surface area contributed by atoms with Gasteiger partial charge in [0.1, 0.15) is 0 Å². The fraction of sp³-hybridized carbons (Fsp3) is 0.533. The van der Waals surface area contributed by atoms with Crippen LogP contribution in [0.1, 0.15) is 26.2 Å². The zero-order chi connectivity index (χ0) is 14.5. The maximum atomic E-state index is 4.16. The minimum Gasteiger partial charge on any atom is -0.313 e. The van der Waals surface area contributed by atoms with Crippen molar-refractivity contribution >= 4 is 11.8 Å². The number of hydrogen-bond donors (Lipinski definition) is 1. The second kappa shape index (κ2) is 7.04. The number of hydrogen-bond acceptors (Lipinski definition) is 5. The molecule has 1 N–H and O–H groups in total. The molecule has 3 rings (SSSR count). The van der Waals surface area contributed by atoms with Crippen LogP contribution in [0, 0.1) is 5.92 Å². The third-order valence-corrected chi connectivity index (χ3v) is 4.72. The molecule has 0 saturated heterocycles. The van der Waals surface area contributed by atoms with E-state index >= 15 is 0 Å². The lowest BCUT2D eigenvalue weighted by Gasteiger charge is -2.17.